The van der Waals surface area contributed by atoms with Gasteiger partial charge in [-0.25, -0.2) is 8.78 Å². The largest absolute Gasteiger partial charge is 0.381 e. The molecule has 0 atom stereocenters. The fraction of sp³-hybridized carbons (Fsp3) is 0.462. The average Bonchev–Trinajstić information content (AvgIpc) is 2.39. The van der Waals surface area contributed by atoms with Crippen molar-refractivity contribution in [2.24, 2.45) is 11.1 Å². The Kier molecular flexibility index (Phi) is 3.73. The van der Waals surface area contributed by atoms with Crippen LogP contribution in [0.3, 0.4) is 0 Å². The topological polar surface area (TPSA) is 52.3 Å². The third kappa shape index (κ3) is 2.28. The molecule has 1 aliphatic rings. The van der Waals surface area contributed by atoms with Crippen molar-refractivity contribution < 1.29 is 18.3 Å². The van der Waals surface area contributed by atoms with E-state index in [1.54, 1.807) is 0 Å². The molecule has 3 nitrogen and oxygen atoms in total. The van der Waals surface area contributed by atoms with Crippen LogP contribution in [0.4, 0.5) is 8.78 Å². The first-order valence-electron chi connectivity index (χ1n) is 5.87. The third-order valence-electron chi connectivity index (χ3n) is 3.50. The zero-order valence-electron chi connectivity index (χ0n) is 9.92. The Hall–Kier alpha value is -1.33. The average molecular weight is 255 g/mol. The summed E-state index contributed by atoms with van der Waals surface area (Å²) < 4.78 is 31.7. The summed E-state index contributed by atoms with van der Waals surface area (Å²) in [6.07, 6.45) is 0.943. The summed E-state index contributed by atoms with van der Waals surface area (Å²) in [5.41, 5.74) is 4.81. The molecule has 0 radical (unpaired) electrons. The number of nitrogens with two attached hydrogens (primary N) is 1. The van der Waals surface area contributed by atoms with E-state index in [-0.39, 0.29) is 17.9 Å². The molecule has 1 aromatic rings. The molecule has 18 heavy (non-hydrogen) atoms. The van der Waals surface area contributed by atoms with E-state index < -0.39 is 17.0 Å². The molecule has 0 saturated carbocycles. The lowest BCUT2D eigenvalue weighted by Crippen LogP contribution is -2.43. The minimum atomic E-state index is -0.834. The summed E-state index contributed by atoms with van der Waals surface area (Å²) in [6.45, 7) is 1.02. The lowest BCUT2D eigenvalue weighted by molar-refractivity contribution is 0.0198. The molecule has 0 aromatic heterocycles. The van der Waals surface area contributed by atoms with Crippen LogP contribution in [-0.4, -0.2) is 25.5 Å². The molecule has 1 aromatic carbocycles. The molecule has 0 spiro atoms. The van der Waals surface area contributed by atoms with Gasteiger partial charge in [0.1, 0.15) is 11.6 Å². The fourth-order valence-corrected chi connectivity index (χ4v) is 2.25. The van der Waals surface area contributed by atoms with Gasteiger partial charge in [0.2, 0.25) is 0 Å². The summed E-state index contributed by atoms with van der Waals surface area (Å²) in [6, 6.07) is 2.98. The highest BCUT2D eigenvalue weighted by molar-refractivity contribution is 6.01. The van der Waals surface area contributed by atoms with E-state index in [9.17, 15) is 13.6 Å². The predicted molar refractivity (Wildman–Crippen MR) is 62.2 cm³/mol. The van der Waals surface area contributed by atoms with Gasteiger partial charge in [0, 0.05) is 25.8 Å². The van der Waals surface area contributed by atoms with E-state index in [1.807, 2.05) is 0 Å². The number of hydrogen-bond acceptors (Lipinski definition) is 3. The normalized spacial score (nSPS) is 18.6. The molecule has 0 amide bonds. The number of Topliss-reactive ketones (excluding diaryl/α,β-unsaturated/α-hetero) is 1. The van der Waals surface area contributed by atoms with Gasteiger partial charge in [-0.3, -0.25) is 4.79 Å². The van der Waals surface area contributed by atoms with Crippen molar-refractivity contribution in [3.8, 4) is 0 Å². The standard InChI is InChI=1S/C13H15F2NO2/c14-9-1-2-10(11(15)7-9)12(17)13(8-16)3-5-18-6-4-13/h1-2,7H,3-6,8,16H2. The van der Waals surface area contributed by atoms with Gasteiger partial charge < -0.3 is 10.5 Å². The Morgan fingerprint density at radius 3 is 2.56 bits per heavy atom. The smallest absolute Gasteiger partial charge is 0.173 e. The second-order valence-electron chi connectivity index (χ2n) is 4.55. The minimum absolute atomic E-state index is 0.0937. The zero-order valence-corrected chi connectivity index (χ0v) is 9.92. The Labute approximate surface area is 104 Å². The molecule has 2 N–H and O–H groups in total. The summed E-state index contributed by atoms with van der Waals surface area (Å²) in [7, 11) is 0. The quantitative estimate of drug-likeness (QED) is 0.839. The first-order chi connectivity index (χ1) is 8.59. The first kappa shape index (κ1) is 13.1. The van der Waals surface area contributed by atoms with Gasteiger partial charge in [0.25, 0.3) is 0 Å². The second kappa shape index (κ2) is 5.12. The van der Waals surface area contributed by atoms with Crippen molar-refractivity contribution in [3.05, 3.63) is 35.4 Å². The Balaban J connectivity index is 2.33. The number of benzene rings is 1. The summed E-state index contributed by atoms with van der Waals surface area (Å²) in [5.74, 6) is -1.89. The van der Waals surface area contributed by atoms with Crippen molar-refractivity contribution in [2.45, 2.75) is 12.8 Å². The van der Waals surface area contributed by atoms with Crippen molar-refractivity contribution in [1.29, 1.82) is 0 Å². The van der Waals surface area contributed by atoms with Crippen LogP contribution in [0.1, 0.15) is 23.2 Å². The van der Waals surface area contributed by atoms with Gasteiger partial charge in [-0.1, -0.05) is 0 Å². The van der Waals surface area contributed by atoms with Gasteiger partial charge in [-0.05, 0) is 25.0 Å². The lowest BCUT2D eigenvalue weighted by Gasteiger charge is -2.34. The maximum atomic E-state index is 13.6. The maximum Gasteiger partial charge on any atom is 0.173 e. The number of carbonyl (C=O) groups excluding carboxylic acids is 1. The van der Waals surface area contributed by atoms with Gasteiger partial charge in [-0.15, -0.1) is 0 Å². The number of hydrogen-bond donors (Lipinski definition) is 1. The van der Waals surface area contributed by atoms with Crippen molar-refractivity contribution in [1.82, 2.24) is 0 Å². The Morgan fingerprint density at radius 1 is 1.33 bits per heavy atom. The molecule has 0 aliphatic carbocycles. The molecule has 1 aliphatic heterocycles. The molecule has 1 heterocycles. The van der Waals surface area contributed by atoms with E-state index in [0.717, 1.165) is 12.1 Å². The van der Waals surface area contributed by atoms with Crippen LogP contribution in [0, 0.1) is 17.0 Å². The lowest BCUT2D eigenvalue weighted by atomic mass is 9.74. The molecule has 1 saturated heterocycles. The predicted octanol–water partition coefficient (Wildman–Crippen LogP) is 1.90. The van der Waals surface area contributed by atoms with Gasteiger partial charge in [-0.2, -0.15) is 0 Å². The summed E-state index contributed by atoms with van der Waals surface area (Å²) >= 11 is 0. The molecule has 2 rings (SSSR count). The van der Waals surface area contributed by atoms with Gasteiger partial charge in [0.05, 0.1) is 11.0 Å². The number of rotatable bonds is 3. The third-order valence-corrected chi connectivity index (χ3v) is 3.50. The highest BCUT2D eigenvalue weighted by Gasteiger charge is 2.40. The van der Waals surface area contributed by atoms with E-state index in [0.29, 0.717) is 26.1 Å². The number of ether oxygens (including phenoxy) is 1. The van der Waals surface area contributed by atoms with Crippen molar-refractivity contribution in [3.63, 3.8) is 0 Å². The Morgan fingerprint density at radius 2 is 2.00 bits per heavy atom. The number of halogens is 2. The summed E-state index contributed by atoms with van der Waals surface area (Å²) in [5, 5.41) is 0. The molecular formula is C13H15F2NO2. The van der Waals surface area contributed by atoms with E-state index in [2.05, 4.69) is 0 Å². The molecule has 1 fully saturated rings. The van der Waals surface area contributed by atoms with Crippen LogP contribution < -0.4 is 5.73 Å². The van der Waals surface area contributed by atoms with Crippen LogP contribution in [0.5, 0.6) is 0 Å². The van der Waals surface area contributed by atoms with Gasteiger partial charge in [0.15, 0.2) is 5.78 Å². The highest BCUT2D eigenvalue weighted by Crippen LogP contribution is 2.34. The minimum Gasteiger partial charge on any atom is -0.381 e. The highest BCUT2D eigenvalue weighted by atomic mass is 19.1. The summed E-state index contributed by atoms with van der Waals surface area (Å²) in [4.78, 5) is 12.4. The van der Waals surface area contributed by atoms with Crippen LogP contribution in [0.15, 0.2) is 18.2 Å². The van der Waals surface area contributed by atoms with Crippen molar-refractivity contribution in [2.75, 3.05) is 19.8 Å². The van der Waals surface area contributed by atoms with E-state index in [4.69, 9.17) is 10.5 Å². The molecule has 98 valence electrons. The maximum absolute atomic E-state index is 13.6. The molecule has 5 heteroatoms. The zero-order chi connectivity index (χ0) is 13.2. The van der Waals surface area contributed by atoms with Crippen LogP contribution in [0.2, 0.25) is 0 Å². The molecular weight excluding hydrogens is 240 g/mol. The number of ketones is 1. The van der Waals surface area contributed by atoms with Crippen LogP contribution in [-0.2, 0) is 4.74 Å². The van der Waals surface area contributed by atoms with Crippen molar-refractivity contribution >= 4 is 5.78 Å². The van der Waals surface area contributed by atoms with Crippen LogP contribution in [0.25, 0.3) is 0 Å². The SMILES string of the molecule is NCC1(C(=O)c2ccc(F)cc2F)CCOCC1. The van der Waals surface area contributed by atoms with E-state index in [1.165, 1.54) is 6.07 Å². The van der Waals surface area contributed by atoms with E-state index >= 15 is 0 Å². The second-order valence-corrected chi connectivity index (χ2v) is 4.55. The molecule has 0 bridgehead atoms. The van der Waals surface area contributed by atoms with Gasteiger partial charge >= 0.3 is 0 Å². The van der Waals surface area contributed by atoms with Crippen LogP contribution >= 0.6 is 0 Å². The Bertz CT molecular complexity index is 456. The fourth-order valence-electron chi connectivity index (χ4n) is 2.25. The molecule has 0 unspecified atom stereocenters. The monoisotopic (exact) mass is 255 g/mol. The first-order valence-corrected chi connectivity index (χ1v) is 5.87. The number of carbonyl (C=O) groups is 1.